The van der Waals surface area contributed by atoms with Crippen molar-refractivity contribution < 1.29 is 9.90 Å². The molecular weight excluding hydrogens is 254 g/mol. The van der Waals surface area contributed by atoms with Crippen LogP contribution in [0.1, 0.15) is 55.1 Å². The SMILES string of the molecule is Nc1cc(C(=O)NCC2CCCC(O)C2)n(C2CC2)c1. The van der Waals surface area contributed by atoms with Gasteiger partial charge in [0.05, 0.1) is 11.8 Å². The smallest absolute Gasteiger partial charge is 0.268 e. The molecule has 20 heavy (non-hydrogen) atoms. The first-order valence-electron chi connectivity index (χ1n) is 7.57. The van der Waals surface area contributed by atoms with Crippen LogP contribution < -0.4 is 11.1 Å². The van der Waals surface area contributed by atoms with Gasteiger partial charge in [-0.2, -0.15) is 0 Å². The van der Waals surface area contributed by atoms with Gasteiger partial charge in [0.15, 0.2) is 0 Å². The fraction of sp³-hybridized carbons (Fsp3) is 0.667. The number of anilines is 1. The number of carbonyl (C=O) groups is 1. The zero-order valence-electron chi connectivity index (χ0n) is 11.7. The van der Waals surface area contributed by atoms with Gasteiger partial charge in [0.1, 0.15) is 5.69 Å². The lowest BCUT2D eigenvalue weighted by Gasteiger charge is -2.25. The van der Waals surface area contributed by atoms with Crippen LogP contribution >= 0.6 is 0 Å². The summed E-state index contributed by atoms with van der Waals surface area (Å²) >= 11 is 0. The van der Waals surface area contributed by atoms with Gasteiger partial charge in [0, 0.05) is 18.8 Å². The molecule has 1 aromatic heterocycles. The lowest BCUT2D eigenvalue weighted by Crippen LogP contribution is -2.33. The number of carbonyl (C=O) groups excluding carboxylic acids is 1. The number of aromatic nitrogens is 1. The Labute approximate surface area is 119 Å². The number of hydrogen-bond acceptors (Lipinski definition) is 3. The van der Waals surface area contributed by atoms with Crippen LogP contribution in [0.4, 0.5) is 5.69 Å². The van der Waals surface area contributed by atoms with E-state index in [9.17, 15) is 9.90 Å². The number of nitrogens with one attached hydrogen (secondary N) is 1. The summed E-state index contributed by atoms with van der Waals surface area (Å²) < 4.78 is 2.00. The number of amides is 1. The highest BCUT2D eigenvalue weighted by atomic mass is 16.3. The summed E-state index contributed by atoms with van der Waals surface area (Å²) in [6, 6.07) is 2.20. The van der Waals surface area contributed by atoms with Gasteiger partial charge in [0.25, 0.3) is 5.91 Å². The van der Waals surface area contributed by atoms with Crippen LogP contribution in [0.15, 0.2) is 12.3 Å². The molecular formula is C15H23N3O2. The Balaban J connectivity index is 1.59. The quantitative estimate of drug-likeness (QED) is 0.783. The first kappa shape index (κ1) is 13.5. The fourth-order valence-corrected chi connectivity index (χ4v) is 3.11. The third-order valence-electron chi connectivity index (χ3n) is 4.35. The maximum atomic E-state index is 12.3. The molecule has 1 aromatic rings. The molecule has 0 aliphatic heterocycles. The Morgan fingerprint density at radius 3 is 2.90 bits per heavy atom. The fourth-order valence-electron chi connectivity index (χ4n) is 3.11. The molecule has 110 valence electrons. The molecule has 3 rings (SSSR count). The lowest BCUT2D eigenvalue weighted by molar-refractivity contribution is 0.0867. The molecule has 2 saturated carbocycles. The van der Waals surface area contributed by atoms with Crippen molar-refractivity contribution in [1.29, 1.82) is 0 Å². The molecule has 0 bridgehead atoms. The molecule has 4 N–H and O–H groups in total. The van der Waals surface area contributed by atoms with Crippen molar-refractivity contribution in [3.8, 4) is 0 Å². The van der Waals surface area contributed by atoms with Gasteiger partial charge < -0.3 is 20.7 Å². The first-order chi connectivity index (χ1) is 9.63. The minimum Gasteiger partial charge on any atom is -0.397 e. The maximum absolute atomic E-state index is 12.3. The molecule has 0 spiro atoms. The van der Waals surface area contributed by atoms with E-state index in [1.807, 2.05) is 10.8 Å². The number of nitrogens with zero attached hydrogens (tertiary/aromatic N) is 1. The summed E-state index contributed by atoms with van der Waals surface area (Å²) in [7, 11) is 0. The van der Waals surface area contributed by atoms with Gasteiger partial charge in [0.2, 0.25) is 0 Å². The topological polar surface area (TPSA) is 80.3 Å². The van der Waals surface area contributed by atoms with Crippen LogP contribution in [0.25, 0.3) is 0 Å². The summed E-state index contributed by atoms with van der Waals surface area (Å²) in [4.78, 5) is 12.3. The monoisotopic (exact) mass is 277 g/mol. The molecule has 2 unspecified atom stereocenters. The van der Waals surface area contributed by atoms with Gasteiger partial charge in [-0.15, -0.1) is 0 Å². The average molecular weight is 277 g/mol. The third-order valence-corrected chi connectivity index (χ3v) is 4.35. The molecule has 0 radical (unpaired) electrons. The van der Waals surface area contributed by atoms with Gasteiger partial charge >= 0.3 is 0 Å². The van der Waals surface area contributed by atoms with E-state index in [4.69, 9.17) is 5.73 Å². The van der Waals surface area contributed by atoms with Crippen molar-refractivity contribution >= 4 is 11.6 Å². The predicted octanol–water partition coefficient (Wildman–Crippen LogP) is 1.69. The van der Waals surface area contributed by atoms with Crippen molar-refractivity contribution in [3.05, 3.63) is 18.0 Å². The molecule has 2 atom stereocenters. The van der Waals surface area contributed by atoms with Crippen LogP contribution in [0.3, 0.4) is 0 Å². The Morgan fingerprint density at radius 2 is 2.20 bits per heavy atom. The van der Waals surface area contributed by atoms with E-state index in [2.05, 4.69) is 5.32 Å². The molecule has 1 amide bonds. The summed E-state index contributed by atoms with van der Waals surface area (Å²) in [5.74, 6) is 0.345. The molecule has 2 aliphatic rings. The van der Waals surface area contributed by atoms with Crippen molar-refractivity contribution in [3.63, 3.8) is 0 Å². The number of aliphatic hydroxyl groups excluding tert-OH is 1. The van der Waals surface area contributed by atoms with E-state index < -0.39 is 0 Å². The zero-order chi connectivity index (χ0) is 14.1. The summed E-state index contributed by atoms with van der Waals surface area (Å²) in [5, 5.41) is 12.7. The van der Waals surface area contributed by atoms with Gasteiger partial charge in [-0.25, -0.2) is 0 Å². The van der Waals surface area contributed by atoms with Gasteiger partial charge in [-0.05, 0) is 44.1 Å². The second-order valence-corrected chi connectivity index (χ2v) is 6.19. The van der Waals surface area contributed by atoms with E-state index in [0.29, 0.717) is 29.9 Å². The molecule has 2 fully saturated rings. The minimum atomic E-state index is -0.198. The number of nitrogens with two attached hydrogens (primary N) is 1. The van der Waals surface area contributed by atoms with Crippen molar-refractivity contribution in [1.82, 2.24) is 9.88 Å². The van der Waals surface area contributed by atoms with Gasteiger partial charge in [-0.1, -0.05) is 6.42 Å². The third kappa shape index (κ3) is 2.98. The van der Waals surface area contributed by atoms with Crippen LogP contribution in [0.5, 0.6) is 0 Å². The molecule has 1 heterocycles. The zero-order valence-corrected chi connectivity index (χ0v) is 11.7. The summed E-state index contributed by atoms with van der Waals surface area (Å²) in [5.41, 5.74) is 7.12. The summed E-state index contributed by atoms with van der Waals surface area (Å²) in [6.07, 6.45) is 7.74. The van der Waals surface area contributed by atoms with E-state index in [1.54, 1.807) is 6.07 Å². The second-order valence-electron chi connectivity index (χ2n) is 6.19. The van der Waals surface area contributed by atoms with Crippen molar-refractivity contribution in [2.24, 2.45) is 5.92 Å². The highest BCUT2D eigenvalue weighted by Gasteiger charge is 2.28. The molecule has 0 saturated heterocycles. The van der Waals surface area contributed by atoms with Crippen LogP contribution in [0.2, 0.25) is 0 Å². The average Bonchev–Trinajstić information content (AvgIpc) is 3.19. The van der Waals surface area contributed by atoms with Gasteiger partial charge in [-0.3, -0.25) is 4.79 Å². The number of nitrogen functional groups attached to an aromatic ring is 1. The molecule has 5 nitrogen and oxygen atoms in total. The second kappa shape index (κ2) is 5.48. The van der Waals surface area contributed by atoms with Crippen LogP contribution in [0, 0.1) is 5.92 Å². The van der Waals surface area contributed by atoms with E-state index in [1.165, 1.54) is 0 Å². The van der Waals surface area contributed by atoms with Crippen LogP contribution in [-0.4, -0.2) is 28.2 Å². The Bertz CT molecular complexity index is 493. The molecule has 5 heteroatoms. The predicted molar refractivity (Wildman–Crippen MR) is 77.4 cm³/mol. The van der Waals surface area contributed by atoms with Crippen molar-refractivity contribution in [2.45, 2.75) is 50.7 Å². The largest absolute Gasteiger partial charge is 0.397 e. The maximum Gasteiger partial charge on any atom is 0.268 e. The Morgan fingerprint density at radius 1 is 1.40 bits per heavy atom. The summed E-state index contributed by atoms with van der Waals surface area (Å²) in [6.45, 7) is 0.644. The first-order valence-corrected chi connectivity index (χ1v) is 7.57. The van der Waals surface area contributed by atoms with E-state index in [-0.39, 0.29) is 12.0 Å². The molecule has 0 aromatic carbocycles. The number of aliphatic hydroxyl groups is 1. The minimum absolute atomic E-state index is 0.0475. The highest BCUT2D eigenvalue weighted by molar-refractivity contribution is 5.93. The normalized spacial score (nSPS) is 26.4. The lowest BCUT2D eigenvalue weighted by atomic mass is 9.87. The number of rotatable bonds is 4. The Kier molecular flexibility index (Phi) is 3.70. The van der Waals surface area contributed by atoms with E-state index in [0.717, 1.165) is 38.5 Å². The Hall–Kier alpha value is -1.49. The van der Waals surface area contributed by atoms with E-state index >= 15 is 0 Å². The van der Waals surface area contributed by atoms with Crippen molar-refractivity contribution in [2.75, 3.05) is 12.3 Å². The van der Waals surface area contributed by atoms with Crippen LogP contribution in [-0.2, 0) is 0 Å². The number of hydrogen-bond donors (Lipinski definition) is 3. The molecule has 2 aliphatic carbocycles. The highest BCUT2D eigenvalue weighted by Crippen LogP contribution is 2.37. The standard InChI is InChI=1S/C15H23N3O2/c16-11-7-14(18(9-11)12-4-5-12)15(20)17-8-10-2-1-3-13(19)6-10/h7,9-10,12-13,19H,1-6,8,16H2,(H,17,20).